The minimum absolute atomic E-state index is 0.0209. The van der Waals surface area contributed by atoms with Gasteiger partial charge in [-0.1, -0.05) is 31.2 Å². The average molecular weight is 345 g/mol. The molecule has 0 saturated heterocycles. The fourth-order valence-corrected chi connectivity index (χ4v) is 3.28. The summed E-state index contributed by atoms with van der Waals surface area (Å²) in [6.45, 7) is 2.40. The van der Waals surface area contributed by atoms with Crippen LogP contribution >= 0.6 is 0 Å². The summed E-state index contributed by atoms with van der Waals surface area (Å²) in [5, 5.41) is 2.97. The zero-order valence-electron chi connectivity index (χ0n) is 12.9. The molecule has 1 aliphatic rings. The van der Waals surface area contributed by atoms with Gasteiger partial charge in [0.25, 0.3) is 10.1 Å². The van der Waals surface area contributed by atoms with Crippen molar-refractivity contribution in [2.45, 2.75) is 18.2 Å². The Kier molecular flexibility index (Phi) is 3.98. The fraction of sp³-hybridized carbons (Fsp3) is 0.176. The Labute approximate surface area is 139 Å². The highest BCUT2D eigenvalue weighted by Gasteiger charge is 2.33. The van der Waals surface area contributed by atoms with E-state index in [0.717, 1.165) is 12.5 Å². The molecule has 2 N–H and O–H groups in total. The second-order valence-corrected chi connectivity index (χ2v) is 6.92. The number of anilines is 1. The van der Waals surface area contributed by atoms with Gasteiger partial charge in [0.2, 0.25) is 0 Å². The fourth-order valence-electron chi connectivity index (χ4n) is 2.75. The Hall–Kier alpha value is -2.51. The van der Waals surface area contributed by atoms with Gasteiger partial charge in [0.15, 0.2) is 11.6 Å². The van der Waals surface area contributed by atoms with Crippen LogP contribution in [0.25, 0.3) is 0 Å². The van der Waals surface area contributed by atoms with E-state index in [0.29, 0.717) is 6.54 Å². The summed E-state index contributed by atoms with van der Waals surface area (Å²) in [6.07, 6.45) is 0.740. The van der Waals surface area contributed by atoms with Gasteiger partial charge in [-0.2, -0.15) is 8.42 Å². The first-order valence-electron chi connectivity index (χ1n) is 7.42. The molecule has 24 heavy (non-hydrogen) atoms. The molecule has 0 aromatic heterocycles. The smallest absolute Gasteiger partial charge is 0.294 e. The van der Waals surface area contributed by atoms with Crippen molar-refractivity contribution in [3.8, 4) is 0 Å². The van der Waals surface area contributed by atoms with Crippen molar-refractivity contribution in [1.82, 2.24) is 0 Å². The highest BCUT2D eigenvalue weighted by Crippen LogP contribution is 2.34. The first-order chi connectivity index (χ1) is 11.3. The number of carbonyl (C=O) groups excluding carboxylic acids is 2. The molecule has 0 fully saturated rings. The van der Waals surface area contributed by atoms with E-state index in [2.05, 4.69) is 5.32 Å². The average Bonchev–Trinajstić information content (AvgIpc) is 2.56. The number of hydrogen-bond donors (Lipinski definition) is 2. The minimum Gasteiger partial charge on any atom is -0.384 e. The number of carbonyl (C=O) groups is 2. The zero-order valence-corrected chi connectivity index (χ0v) is 13.7. The highest BCUT2D eigenvalue weighted by atomic mass is 32.2. The molecule has 2 aromatic rings. The maximum atomic E-state index is 12.8. The molecule has 0 bridgehead atoms. The largest absolute Gasteiger partial charge is 0.384 e. The Morgan fingerprint density at radius 3 is 2.21 bits per heavy atom. The third-order valence-corrected chi connectivity index (χ3v) is 4.69. The molecule has 0 amide bonds. The first-order valence-corrected chi connectivity index (χ1v) is 8.86. The molecule has 0 heterocycles. The second kappa shape index (κ2) is 5.85. The van der Waals surface area contributed by atoms with Crippen LogP contribution in [0.1, 0.15) is 45.2 Å². The molecular formula is C17H15NO5S. The second-order valence-electron chi connectivity index (χ2n) is 5.50. The van der Waals surface area contributed by atoms with E-state index in [1.54, 1.807) is 18.2 Å². The van der Waals surface area contributed by atoms with Crippen molar-refractivity contribution in [3.63, 3.8) is 0 Å². The summed E-state index contributed by atoms with van der Waals surface area (Å²) >= 11 is 0. The van der Waals surface area contributed by atoms with Gasteiger partial charge in [0.05, 0.1) is 10.5 Å². The number of nitrogens with one attached hydrogen (secondary N) is 1. The van der Waals surface area contributed by atoms with Crippen LogP contribution in [0, 0.1) is 0 Å². The first kappa shape index (κ1) is 16.4. The van der Waals surface area contributed by atoms with Gasteiger partial charge in [0.1, 0.15) is 0 Å². The summed E-state index contributed by atoms with van der Waals surface area (Å²) in [4.78, 5) is 25.1. The predicted molar refractivity (Wildman–Crippen MR) is 88.3 cm³/mol. The van der Waals surface area contributed by atoms with Crippen LogP contribution in [0.5, 0.6) is 0 Å². The SMILES string of the molecule is CCCNc1cc(S(=O)(=O)O)cc2c1C(=O)c1ccccc1C2=O. The highest BCUT2D eigenvalue weighted by molar-refractivity contribution is 7.85. The lowest BCUT2D eigenvalue weighted by Crippen LogP contribution is -2.23. The molecule has 6 nitrogen and oxygen atoms in total. The molecule has 124 valence electrons. The lowest BCUT2D eigenvalue weighted by Gasteiger charge is -2.21. The molecular weight excluding hydrogens is 330 g/mol. The van der Waals surface area contributed by atoms with Crippen LogP contribution in [0.15, 0.2) is 41.3 Å². The number of ketones is 2. The Balaban J connectivity index is 2.30. The number of benzene rings is 2. The van der Waals surface area contributed by atoms with Gasteiger partial charge in [-0.3, -0.25) is 14.1 Å². The summed E-state index contributed by atoms with van der Waals surface area (Å²) in [6, 6.07) is 8.63. The van der Waals surface area contributed by atoms with Crippen LogP contribution in [0.4, 0.5) is 5.69 Å². The lowest BCUT2D eigenvalue weighted by molar-refractivity contribution is 0.0979. The van der Waals surface area contributed by atoms with E-state index in [9.17, 15) is 22.6 Å². The molecule has 0 aliphatic heterocycles. The number of rotatable bonds is 4. The van der Waals surface area contributed by atoms with E-state index >= 15 is 0 Å². The van der Waals surface area contributed by atoms with Crippen molar-refractivity contribution in [2.24, 2.45) is 0 Å². The van der Waals surface area contributed by atoms with Gasteiger partial charge in [-0.15, -0.1) is 0 Å². The van der Waals surface area contributed by atoms with E-state index < -0.39 is 20.8 Å². The lowest BCUT2D eigenvalue weighted by atomic mass is 9.83. The van der Waals surface area contributed by atoms with Crippen molar-refractivity contribution >= 4 is 27.4 Å². The Morgan fingerprint density at radius 2 is 1.62 bits per heavy atom. The van der Waals surface area contributed by atoms with Crippen LogP contribution in [-0.2, 0) is 10.1 Å². The third kappa shape index (κ3) is 2.61. The quantitative estimate of drug-likeness (QED) is 0.705. The van der Waals surface area contributed by atoms with Crippen LogP contribution in [-0.4, -0.2) is 31.1 Å². The molecule has 2 aromatic carbocycles. The standard InChI is InChI=1S/C17H15NO5S/c1-2-7-18-14-9-10(24(21,22)23)8-13-15(14)17(20)12-6-4-3-5-11(12)16(13)19/h3-6,8-9,18H,2,7H2,1H3,(H,21,22,23). The minimum atomic E-state index is -4.51. The molecule has 0 atom stereocenters. The van der Waals surface area contributed by atoms with Crippen LogP contribution in [0.2, 0.25) is 0 Å². The monoisotopic (exact) mass is 345 g/mol. The Morgan fingerprint density at radius 1 is 1.00 bits per heavy atom. The third-order valence-electron chi connectivity index (χ3n) is 3.86. The number of fused-ring (bicyclic) bond motifs is 2. The summed E-state index contributed by atoms with van der Waals surface area (Å²) in [5.74, 6) is -0.786. The molecule has 0 spiro atoms. The Bertz CT molecular complexity index is 963. The van der Waals surface area contributed by atoms with Gasteiger partial charge in [0, 0.05) is 28.9 Å². The van der Waals surface area contributed by atoms with E-state index in [-0.39, 0.29) is 33.7 Å². The van der Waals surface area contributed by atoms with E-state index in [1.807, 2.05) is 6.92 Å². The van der Waals surface area contributed by atoms with Gasteiger partial charge in [-0.05, 0) is 18.6 Å². The van der Waals surface area contributed by atoms with Crippen LogP contribution in [0.3, 0.4) is 0 Å². The maximum Gasteiger partial charge on any atom is 0.294 e. The van der Waals surface area contributed by atoms with Crippen molar-refractivity contribution in [3.05, 3.63) is 58.7 Å². The molecule has 0 saturated carbocycles. The molecule has 3 rings (SSSR count). The topological polar surface area (TPSA) is 101 Å². The summed E-state index contributed by atoms with van der Waals surface area (Å²) < 4.78 is 32.4. The maximum absolute atomic E-state index is 12.8. The van der Waals surface area contributed by atoms with Crippen molar-refractivity contribution in [1.29, 1.82) is 0 Å². The van der Waals surface area contributed by atoms with Gasteiger partial charge < -0.3 is 5.32 Å². The van der Waals surface area contributed by atoms with E-state index in [4.69, 9.17) is 0 Å². The van der Waals surface area contributed by atoms with E-state index in [1.165, 1.54) is 12.1 Å². The molecule has 0 unspecified atom stereocenters. The molecule has 7 heteroatoms. The zero-order chi connectivity index (χ0) is 17.5. The number of hydrogen-bond acceptors (Lipinski definition) is 5. The van der Waals surface area contributed by atoms with Crippen molar-refractivity contribution < 1.29 is 22.6 Å². The van der Waals surface area contributed by atoms with Crippen molar-refractivity contribution in [2.75, 3.05) is 11.9 Å². The van der Waals surface area contributed by atoms with Gasteiger partial charge >= 0.3 is 0 Å². The van der Waals surface area contributed by atoms with Crippen LogP contribution < -0.4 is 5.32 Å². The summed E-state index contributed by atoms with van der Waals surface area (Å²) in [7, 11) is -4.51. The molecule has 1 aliphatic carbocycles. The normalized spacial score (nSPS) is 13.4. The molecule has 0 radical (unpaired) electrons. The summed E-state index contributed by atoms with van der Waals surface area (Å²) in [5.41, 5.74) is 0.861. The van der Waals surface area contributed by atoms with Gasteiger partial charge in [-0.25, -0.2) is 0 Å². The predicted octanol–water partition coefficient (Wildman–Crippen LogP) is 2.53.